The van der Waals surface area contributed by atoms with E-state index >= 15 is 0 Å². The highest BCUT2D eigenvalue weighted by atomic mass is 32.2. The molecule has 0 aliphatic heterocycles. The van der Waals surface area contributed by atoms with Crippen molar-refractivity contribution in [2.24, 2.45) is 0 Å². The number of methoxy groups -OCH3 is 1. The van der Waals surface area contributed by atoms with Crippen LogP contribution in [0.1, 0.15) is 13.8 Å². The molecular weight excluding hydrogens is 220 g/mol. The molecule has 0 N–H and O–H groups in total. The second kappa shape index (κ2) is 5.68. The van der Waals surface area contributed by atoms with E-state index in [0.717, 1.165) is 4.31 Å². The van der Waals surface area contributed by atoms with Gasteiger partial charge in [-0.15, -0.1) is 0 Å². The minimum absolute atomic E-state index is 0.128. The van der Waals surface area contributed by atoms with Gasteiger partial charge < -0.3 is 4.74 Å². The smallest absolute Gasteiger partial charge is 0.321 e. The zero-order valence-corrected chi connectivity index (χ0v) is 9.74. The van der Waals surface area contributed by atoms with E-state index in [1.165, 1.54) is 14.0 Å². The number of ether oxygens (including phenoxy) is 1. The van der Waals surface area contributed by atoms with Crippen molar-refractivity contribution >= 4 is 16.0 Å². The summed E-state index contributed by atoms with van der Waals surface area (Å²) in [6.07, 6.45) is 0. The van der Waals surface area contributed by atoms with Gasteiger partial charge in [-0.1, -0.05) is 6.92 Å². The van der Waals surface area contributed by atoms with Gasteiger partial charge in [0.15, 0.2) is 5.25 Å². The molecule has 0 rings (SSSR count). The summed E-state index contributed by atoms with van der Waals surface area (Å²) in [6, 6.07) is 1.63. The summed E-state index contributed by atoms with van der Waals surface area (Å²) in [5, 5.41) is 7.37. The Labute approximate surface area is 89.5 Å². The molecule has 0 spiro atoms. The maximum absolute atomic E-state index is 11.6. The molecule has 0 aliphatic rings. The van der Waals surface area contributed by atoms with Crippen molar-refractivity contribution in [3.05, 3.63) is 0 Å². The first-order valence-electron chi connectivity index (χ1n) is 4.35. The van der Waals surface area contributed by atoms with E-state index < -0.39 is 21.2 Å². The Morgan fingerprint density at radius 1 is 1.60 bits per heavy atom. The molecule has 0 aromatic heterocycles. The molecule has 1 atom stereocenters. The van der Waals surface area contributed by atoms with Crippen molar-refractivity contribution in [1.82, 2.24) is 4.31 Å². The summed E-state index contributed by atoms with van der Waals surface area (Å²) >= 11 is 0. The molecule has 0 saturated carbocycles. The van der Waals surface area contributed by atoms with Gasteiger partial charge in [0.25, 0.3) is 0 Å². The summed E-state index contributed by atoms with van der Waals surface area (Å²) in [4.78, 5) is 10.9. The van der Waals surface area contributed by atoms with E-state index in [-0.39, 0.29) is 13.1 Å². The van der Waals surface area contributed by atoms with Gasteiger partial charge >= 0.3 is 5.97 Å². The maximum Gasteiger partial charge on any atom is 0.321 e. The number of likely N-dealkylation sites (N-methyl/N-ethyl adjacent to an activating group) is 1. The second-order valence-corrected chi connectivity index (χ2v) is 5.07. The minimum Gasteiger partial charge on any atom is -0.468 e. The lowest BCUT2D eigenvalue weighted by Crippen LogP contribution is -2.40. The summed E-state index contributed by atoms with van der Waals surface area (Å²) in [5.41, 5.74) is 0. The van der Waals surface area contributed by atoms with Gasteiger partial charge in [0, 0.05) is 6.54 Å². The first-order valence-corrected chi connectivity index (χ1v) is 5.85. The molecule has 0 amide bonds. The third-order valence-corrected chi connectivity index (χ3v) is 3.98. The molecule has 86 valence electrons. The number of nitrogens with zero attached hydrogens (tertiary/aromatic N) is 2. The quantitative estimate of drug-likeness (QED) is 0.611. The van der Waals surface area contributed by atoms with Gasteiger partial charge in [-0.05, 0) is 6.92 Å². The summed E-state index contributed by atoms with van der Waals surface area (Å²) in [7, 11) is -2.56. The lowest BCUT2D eigenvalue weighted by atomic mass is 10.5. The number of nitriles is 1. The lowest BCUT2D eigenvalue weighted by molar-refractivity contribution is -0.140. The zero-order chi connectivity index (χ0) is 12.1. The number of sulfonamides is 1. The highest BCUT2D eigenvalue weighted by molar-refractivity contribution is 7.90. The van der Waals surface area contributed by atoms with Gasteiger partial charge in [0.2, 0.25) is 10.0 Å². The number of rotatable bonds is 5. The molecule has 0 radical (unpaired) electrons. The average molecular weight is 234 g/mol. The summed E-state index contributed by atoms with van der Waals surface area (Å²) in [5.74, 6) is -0.648. The molecule has 0 fully saturated rings. The van der Waals surface area contributed by atoms with Gasteiger partial charge in [0.05, 0.1) is 13.2 Å². The van der Waals surface area contributed by atoms with Crippen LogP contribution in [0.15, 0.2) is 0 Å². The van der Waals surface area contributed by atoms with Crippen molar-refractivity contribution in [3.63, 3.8) is 0 Å². The van der Waals surface area contributed by atoms with Crippen molar-refractivity contribution in [3.8, 4) is 6.07 Å². The third kappa shape index (κ3) is 3.49. The molecule has 7 heteroatoms. The van der Waals surface area contributed by atoms with Crippen LogP contribution < -0.4 is 0 Å². The Balaban J connectivity index is 4.84. The topological polar surface area (TPSA) is 87.5 Å². The predicted molar refractivity (Wildman–Crippen MR) is 53.3 cm³/mol. The van der Waals surface area contributed by atoms with Crippen LogP contribution in [0, 0.1) is 11.3 Å². The van der Waals surface area contributed by atoms with Gasteiger partial charge in [0.1, 0.15) is 6.54 Å². The van der Waals surface area contributed by atoms with Crippen molar-refractivity contribution < 1.29 is 17.9 Å². The van der Waals surface area contributed by atoms with E-state index in [1.54, 1.807) is 13.0 Å². The van der Waals surface area contributed by atoms with Gasteiger partial charge in [-0.2, -0.15) is 9.57 Å². The predicted octanol–water partition coefficient (Wildman–Crippen LogP) is -0.277. The number of carbonyl (C=O) groups excluding carboxylic acids is 1. The van der Waals surface area contributed by atoms with Crippen LogP contribution in [0.5, 0.6) is 0 Å². The fraction of sp³-hybridized carbons (Fsp3) is 0.750. The summed E-state index contributed by atoms with van der Waals surface area (Å²) < 4.78 is 28.6. The van der Waals surface area contributed by atoms with Gasteiger partial charge in [-0.25, -0.2) is 8.42 Å². The maximum atomic E-state index is 11.6. The minimum atomic E-state index is -3.73. The zero-order valence-electron chi connectivity index (χ0n) is 8.93. The molecular formula is C8H14N2O4S. The fourth-order valence-electron chi connectivity index (χ4n) is 0.880. The first kappa shape index (κ1) is 13.9. The molecule has 0 aromatic rings. The Bertz CT molecular complexity index is 357. The monoisotopic (exact) mass is 234 g/mol. The first-order chi connectivity index (χ1) is 6.89. The molecule has 0 aliphatic carbocycles. The van der Waals surface area contributed by atoms with E-state index in [0.29, 0.717) is 0 Å². The van der Waals surface area contributed by atoms with Crippen LogP contribution in [-0.4, -0.2) is 44.1 Å². The second-order valence-electron chi connectivity index (χ2n) is 2.82. The molecule has 1 unspecified atom stereocenters. The van der Waals surface area contributed by atoms with E-state index in [4.69, 9.17) is 5.26 Å². The summed E-state index contributed by atoms with van der Waals surface area (Å²) in [6.45, 7) is 2.63. The van der Waals surface area contributed by atoms with Crippen LogP contribution in [0.25, 0.3) is 0 Å². The fourth-order valence-corrected chi connectivity index (χ4v) is 2.11. The highest BCUT2D eigenvalue weighted by Gasteiger charge is 2.29. The number of esters is 1. The van der Waals surface area contributed by atoms with Crippen LogP contribution >= 0.6 is 0 Å². The largest absolute Gasteiger partial charge is 0.468 e. The molecule has 15 heavy (non-hydrogen) atoms. The number of hydrogen-bond acceptors (Lipinski definition) is 5. The Hall–Kier alpha value is -1.13. The third-order valence-electron chi connectivity index (χ3n) is 1.87. The van der Waals surface area contributed by atoms with E-state index in [1.807, 2.05) is 0 Å². The van der Waals surface area contributed by atoms with Crippen LogP contribution in [0.2, 0.25) is 0 Å². The van der Waals surface area contributed by atoms with Crippen molar-refractivity contribution in [2.75, 3.05) is 20.2 Å². The standard InChI is InChI=1S/C8H14N2O4S/c1-4-10(6-8(11)14-3)15(12,13)7(2)5-9/h7H,4,6H2,1-3H3. The van der Waals surface area contributed by atoms with Crippen LogP contribution in [0.4, 0.5) is 0 Å². The molecule has 0 bridgehead atoms. The molecule has 0 saturated heterocycles. The van der Waals surface area contributed by atoms with Crippen molar-refractivity contribution in [2.45, 2.75) is 19.1 Å². The molecule has 6 nitrogen and oxygen atoms in total. The lowest BCUT2D eigenvalue weighted by Gasteiger charge is -2.20. The van der Waals surface area contributed by atoms with Gasteiger partial charge in [-0.3, -0.25) is 4.79 Å². The molecule has 0 aromatic carbocycles. The van der Waals surface area contributed by atoms with E-state index in [9.17, 15) is 13.2 Å². The van der Waals surface area contributed by atoms with Crippen LogP contribution in [-0.2, 0) is 19.6 Å². The Kier molecular flexibility index (Phi) is 5.25. The Morgan fingerprint density at radius 3 is 2.47 bits per heavy atom. The average Bonchev–Trinajstić information content (AvgIpc) is 2.23. The Morgan fingerprint density at radius 2 is 2.13 bits per heavy atom. The normalized spacial score (nSPS) is 13.3. The highest BCUT2D eigenvalue weighted by Crippen LogP contribution is 2.07. The van der Waals surface area contributed by atoms with Crippen LogP contribution in [0.3, 0.4) is 0 Å². The SMILES string of the molecule is CCN(CC(=O)OC)S(=O)(=O)C(C)C#N. The number of hydrogen-bond donors (Lipinski definition) is 0. The number of carbonyl (C=O) groups is 1. The van der Waals surface area contributed by atoms with Crippen molar-refractivity contribution in [1.29, 1.82) is 5.26 Å². The van der Waals surface area contributed by atoms with E-state index in [2.05, 4.69) is 4.74 Å². The molecule has 0 heterocycles.